The Morgan fingerprint density at radius 2 is 1.77 bits per heavy atom. The number of carbonyl (C=O) groups excluding carboxylic acids is 1. The lowest BCUT2D eigenvalue weighted by molar-refractivity contribution is -0.112. The summed E-state index contributed by atoms with van der Waals surface area (Å²) in [6.45, 7) is 0.167. The maximum absolute atomic E-state index is 12.5. The van der Waals surface area contributed by atoms with Crippen LogP contribution in [-0.4, -0.2) is 17.0 Å². The topological polar surface area (TPSA) is 99.4 Å². The number of carboxylic acid groups (broad SMARTS) is 1. The lowest BCUT2D eigenvalue weighted by Crippen LogP contribution is -2.13. The second kappa shape index (κ2) is 10.1. The number of nitrogens with one attached hydrogen (secondary N) is 1. The van der Waals surface area contributed by atoms with Gasteiger partial charge in [-0.2, -0.15) is 5.26 Å². The van der Waals surface area contributed by atoms with Crippen LogP contribution in [0.5, 0.6) is 5.75 Å². The number of anilines is 1. The number of ether oxygens (including phenoxy) is 1. The van der Waals surface area contributed by atoms with E-state index >= 15 is 0 Å². The summed E-state index contributed by atoms with van der Waals surface area (Å²) < 4.78 is 5.83. The van der Waals surface area contributed by atoms with E-state index in [1.54, 1.807) is 54.6 Å². The molecule has 0 aliphatic rings. The van der Waals surface area contributed by atoms with Gasteiger partial charge < -0.3 is 15.2 Å². The Labute approximate surface area is 184 Å². The molecule has 0 heterocycles. The molecule has 0 spiro atoms. The molecule has 0 atom stereocenters. The van der Waals surface area contributed by atoms with Gasteiger partial charge >= 0.3 is 5.97 Å². The average Bonchev–Trinajstić information content (AvgIpc) is 2.77. The largest absolute Gasteiger partial charge is 0.488 e. The minimum Gasteiger partial charge on any atom is -0.488 e. The number of nitriles is 1. The highest BCUT2D eigenvalue weighted by Crippen LogP contribution is 2.26. The summed E-state index contributed by atoms with van der Waals surface area (Å²) in [5, 5.41) is 21.5. The van der Waals surface area contributed by atoms with Crippen LogP contribution in [0, 0.1) is 11.3 Å². The molecule has 0 aliphatic carbocycles. The predicted octanol–water partition coefficient (Wildman–Crippen LogP) is 5.16. The van der Waals surface area contributed by atoms with Crippen LogP contribution in [0.2, 0.25) is 5.02 Å². The van der Waals surface area contributed by atoms with Gasteiger partial charge in [0.2, 0.25) is 0 Å². The van der Waals surface area contributed by atoms with Crippen molar-refractivity contribution < 1.29 is 19.4 Å². The number of carbonyl (C=O) groups is 2. The predicted molar refractivity (Wildman–Crippen MR) is 118 cm³/mol. The summed E-state index contributed by atoms with van der Waals surface area (Å²) in [5.74, 6) is -1.13. The van der Waals surface area contributed by atoms with E-state index in [0.717, 1.165) is 5.56 Å². The van der Waals surface area contributed by atoms with E-state index in [9.17, 15) is 14.9 Å². The highest BCUT2D eigenvalue weighted by Gasteiger charge is 2.12. The van der Waals surface area contributed by atoms with Crippen molar-refractivity contribution in [1.82, 2.24) is 0 Å². The first kappa shape index (κ1) is 21.6. The van der Waals surface area contributed by atoms with Gasteiger partial charge in [0, 0.05) is 16.3 Å². The van der Waals surface area contributed by atoms with Crippen molar-refractivity contribution in [2.45, 2.75) is 6.61 Å². The van der Waals surface area contributed by atoms with Crippen molar-refractivity contribution in [3.05, 3.63) is 100 Å². The Morgan fingerprint density at radius 3 is 2.42 bits per heavy atom. The van der Waals surface area contributed by atoms with Gasteiger partial charge in [0.05, 0.1) is 5.56 Å². The monoisotopic (exact) mass is 432 g/mol. The number of amides is 1. The normalized spacial score (nSPS) is 10.8. The second-order valence-electron chi connectivity index (χ2n) is 6.46. The van der Waals surface area contributed by atoms with Crippen LogP contribution in [0.4, 0.5) is 5.69 Å². The molecule has 0 bridgehead atoms. The van der Waals surface area contributed by atoms with Crippen LogP contribution in [0.1, 0.15) is 21.5 Å². The SMILES string of the molecule is N#CC(=Cc1cc(Cl)ccc1OCc1ccc(C(=O)O)cc1)C(=O)Nc1ccccc1. The second-order valence-corrected chi connectivity index (χ2v) is 6.90. The molecule has 0 aromatic heterocycles. The highest BCUT2D eigenvalue weighted by atomic mass is 35.5. The first-order valence-electron chi connectivity index (χ1n) is 9.19. The molecule has 6 nitrogen and oxygen atoms in total. The van der Waals surface area contributed by atoms with Gasteiger partial charge in [-0.1, -0.05) is 41.9 Å². The van der Waals surface area contributed by atoms with E-state index in [-0.39, 0.29) is 17.7 Å². The van der Waals surface area contributed by atoms with E-state index in [1.807, 2.05) is 12.1 Å². The van der Waals surface area contributed by atoms with E-state index in [4.69, 9.17) is 21.4 Å². The fourth-order valence-electron chi connectivity index (χ4n) is 2.69. The number of rotatable bonds is 7. The van der Waals surface area contributed by atoms with Gasteiger partial charge in [0.25, 0.3) is 5.91 Å². The van der Waals surface area contributed by atoms with Crippen molar-refractivity contribution in [2.24, 2.45) is 0 Å². The molecule has 3 aromatic rings. The molecule has 0 saturated carbocycles. The van der Waals surface area contributed by atoms with Crippen LogP contribution in [0.3, 0.4) is 0 Å². The molecule has 0 radical (unpaired) electrons. The maximum Gasteiger partial charge on any atom is 0.335 e. The standard InChI is InChI=1S/C24H17ClN2O4/c25-20-10-11-22(31-15-16-6-8-17(9-7-16)24(29)30)18(13-20)12-19(14-26)23(28)27-21-4-2-1-3-5-21/h1-13H,15H2,(H,27,28)(H,29,30). The van der Waals surface area contributed by atoms with E-state index in [0.29, 0.717) is 22.0 Å². The molecule has 7 heteroatoms. The van der Waals surface area contributed by atoms with Gasteiger partial charge in [0.1, 0.15) is 24.0 Å². The highest BCUT2D eigenvalue weighted by molar-refractivity contribution is 6.30. The summed E-state index contributed by atoms with van der Waals surface area (Å²) >= 11 is 6.09. The van der Waals surface area contributed by atoms with Gasteiger partial charge in [0.15, 0.2) is 0 Å². The van der Waals surface area contributed by atoms with Gasteiger partial charge in [-0.3, -0.25) is 4.79 Å². The van der Waals surface area contributed by atoms with Crippen molar-refractivity contribution in [2.75, 3.05) is 5.32 Å². The summed E-state index contributed by atoms with van der Waals surface area (Å²) in [4.78, 5) is 23.4. The minimum atomic E-state index is -1.00. The third kappa shape index (κ3) is 5.95. The molecule has 1 amide bonds. The molecule has 31 heavy (non-hydrogen) atoms. The number of hydrogen-bond donors (Lipinski definition) is 2. The number of nitrogens with zero attached hydrogens (tertiary/aromatic N) is 1. The first-order valence-corrected chi connectivity index (χ1v) is 9.57. The number of benzene rings is 3. The molecular formula is C24H17ClN2O4. The Balaban J connectivity index is 1.80. The minimum absolute atomic E-state index is 0.109. The van der Waals surface area contributed by atoms with Crippen LogP contribution in [0.15, 0.2) is 78.4 Å². The average molecular weight is 433 g/mol. The maximum atomic E-state index is 12.5. The fraction of sp³-hybridized carbons (Fsp3) is 0.0417. The summed E-state index contributed by atoms with van der Waals surface area (Å²) in [7, 11) is 0. The lowest BCUT2D eigenvalue weighted by atomic mass is 10.1. The molecule has 0 fully saturated rings. The molecule has 154 valence electrons. The fourth-order valence-corrected chi connectivity index (χ4v) is 2.87. The molecule has 3 aromatic carbocycles. The number of para-hydroxylation sites is 1. The van der Waals surface area contributed by atoms with Crippen molar-refractivity contribution in [1.29, 1.82) is 5.26 Å². The number of aromatic carboxylic acids is 1. The van der Waals surface area contributed by atoms with Crippen LogP contribution in [-0.2, 0) is 11.4 Å². The van der Waals surface area contributed by atoms with Gasteiger partial charge in [-0.15, -0.1) is 0 Å². The molecule has 0 unspecified atom stereocenters. The summed E-state index contributed by atoms with van der Waals surface area (Å²) in [5.41, 5.74) is 1.87. The molecule has 0 aliphatic heterocycles. The number of halogens is 1. The van der Waals surface area contributed by atoms with Crippen LogP contribution >= 0.6 is 11.6 Å². The zero-order chi connectivity index (χ0) is 22.2. The van der Waals surface area contributed by atoms with E-state index < -0.39 is 11.9 Å². The van der Waals surface area contributed by atoms with E-state index in [1.165, 1.54) is 18.2 Å². The zero-order valence-corrected chi connectivity index (χ0v) is 17.0. The molecule has 0 saturated heterocycles. The number of hydrogen-bond acceptors (Lipinski definition) is 4. The lowest BCUT2D eigenvalue weighted by Gasteiger charge is -2.11. The Bertz CT molecular complexity index is 1170. The van der Waals surface area contributed by atoms with Gasteiger partial charge in [-0.05, 0) is 54.1 Å². The third-order valence-corrected chi connectivity index (χ3v) is 4.50. The third-order valence-electron chi connectivity index (χ3n) is 4.26. The molecular weight excluding hydrogens is 416 g/mol. The molecule has 2 N–H and O–H groups in total. The quantitative estimate of drug-likeness (QED) is 0.396. The van der Waals surface area contributed by atoms with Crippen LogP contribution < -0.4 is 10.1 Å². The Morgan fingerprint density at radius 1 is 1.06 bits per heavy atom. The Hall–Kier alpha value is -4.08. The van der Waals surface area contributed by atoms with Gasteiger partial charge in [-0.25, -0.2) is 4.79 Å². The van der Waals surface area contributed by atoms with Crippen molar-refractivity contribution in [3.8, 4) is 11.8 Å². The molecule has 3 rings (SSSR count). The smallest absolute Gasteiger partial charge is 0.335 e. The zero-order valence-electron chi connectivity index (χ0n) is 16.2. The Kier molecular flexibility index (Phi) is 7.05. The van der Waals surface area contributed by atoms with Crippen LogP contribution in [0.25, 0.3) is 6.08 Å². The van der Waals surface area contributed by atoms with E-state index in [2.05, 4.69) is 5.32 Å². The van der Waals surface area contributed by atoms with Crippen molar-refractivity contribution in [3.63, 3.8) is 0 Å². The number of carboxylic acids is 1. The first-order chi connectivity index (χ1) is 15.0. The summed E-state index contributed by atoms with van der Waals surface area (Å²) in [6.07, 6.45) is 1.41. The summed E-state index contributed by atoms with van der Waals surface area (Å²) in [6, 6.07) is 21.9. The van der Waals surface area contributed by atoms with Crippen molar-refractivity contribution >= 4 is 35.2 Å².